The van der Waals surface area contributed by atoms with Crippen LogP contribution in [0.3, 0.4) is 0 Å². The molecule has 1 aromatic rings. The molecule has 2 heteroatoms. The van der Waals surface area contributed by atoms with Crippen LogP contribution in [0, 0.1) is 0 Å². The number of allylic oxidation sites excluding steroid dienone is 1. The summed E-state index contributed by atoms with van der Waals surface area (Å²) < 4.78 is 4.73. The van der Waals surface area contributed by atoms with Gasteiger partial charge in [0.15, 0.2) is 0 Å². The number of hydrogen-bond donors (Lipinski definition) is 0. The molecule has 0 aliphatic rings. The van der Waals surface area contributed by atoms with Gasteiger partial charge >= 0.3 is 5.97 Å². The Morgan fingerprint density at radius 2 is 2.06 bits per heavy atom. The predicted octanol–water partition coefficient (Wildman–Crippen LogP) is 3.56. The lowest BCUT2D eigenvalue weighted by Gasteiger charge is -2.24. The third-order valence-electron chi connectivity index (χ3n) is 2.95. The molecule has 1 aromatic carbocycles. The number of carbonyl (C=O) groups is 1. The summed E-state index contributed by atoms with van der Waals surface area (Å²) in [6.45, 7) is 10.00. The second kappa shape index (κ2) is 5.17. The van der Waals surface area contributed by atoms with Gasteiger partial charge in [0.1, 0.15) is 0 Å². The fourth-order valence-electron chi connectivity index (χ4n) is 1.74. The van der Waals surface area contributed by atoms with Crippen LogP contribution in [-0.2, 0) is 14.9 Å². The molecule has 0 aromatic heterocycles. The van der Waals surface area contributed by atoms with Crippen LogP contribution in [0.1, 0.15) is 38.3 Å². The molecule has 0 radical (unpaired) electrons. The van der Waals surface area contributed by atoms with Crippen molar-refractivity contribution in [2.24, 2.45) is 0 Å². The van der Waals surface area contributed by atoms with Crippen molar-refractivity contribution in [1.82, 2.24) is 0 Å². The Morgan fingerprint density at radius 1 is 1.41 bits per heavy atom. The molecule has 0 spiro atoms. The number of methoxy groups -OCH3 is 1. The lowest BCUT2D eigenvalue weighted by Crippen LogP contribution is -2.22. The number of ether oxygens (including phenoxy) is 1. The van der Waals surface area contributed by atoms with Crippen LogP contribution in [0.25, 0.3) is 5.57 Å². The maximum Gasteiger partial charge on any atom is 0.306 e. The highest BCUT2D eigenvalue weighted by Gasteiger charge is 2.24. The molecule has 17 heavy (non-hydrogen) atoms. The standard InChI is InChI=1S/C15H20O2/c1-11(2)12-7-6-8-13(9-12)15(3,4)10-14(16)17-5/h6-9H,1,10H2,2-5H3. The van der Waals surface area contributed by atoms with Crippen molar-refractivity contribution in [3.63, 3.8) is 0 Å². The molecule has 0 unspecified atom stereocenters. The van der Waals surface area contributed by atoms with Crippen LogP contribution in [-0.4, -0.2) is 13.1 Å². The van der Waals surface area contributed by atoms with E-state index in [4.69, 9.17) is 4.74 Å². The molecule has 2 nitrogen and oxygen atoms in total. The topological polar surface area (TPSA) is 26.3 Å². The van der Waals surface area contributed by atoms with E-state index in [1.807, 2.05) is 39.0 Å². The summed E-state index contributed by atoms with van der Waals surface area (Å²) >= 11 is 0. The van der Waals surface area contributed by atoms with Gasteiger partial charge in [0, 0.05) is 5.41 Å². The molecule has 0 heterocycles. The number of benzene rings is 1. The molecule has 1 rings (SSSR count). The molecular weight excluding hydrogens is 212 g/mol. The van der Waals surface area contributed by atoms with Crippen LogP contribution >= 0.6 is 0 Å². The second-order valence-corrected chi connectivity index (χ2v) is 5.00. The summed E-state index contributed by atoms with van der Waals surface area (Å²) in [7, 11) is 1.42. The minimum atomic E-state index is -0.224. The van der Waals surface area contributed by atoms with Crippen LogP contribution in [0.15, 0.2) is 30.8 Å². The molecule has 0 bridgehead atoms. The molecule has 92 valence electrons. The van der Waals surface area contributed by atoms with Crippen molar-refractivity contribution in [3.05, 3.63) is 42.0 Å². The van der Waals surface area contributed by atoms with Crippen LogP contribution in [0.4, 0.5) is 0 Å². The highest BCUT2D eigenvalue weighted by atomic mass is 16.5. The van der Waals surface area contributed by atoms with Crippen molar-refractivity contribution in [1.29, 1.82) is 0 Å². The first kappa shape index (κ1) is 13.5. The second-order valence-electron chi connectivity index (χ2n) is 5.00. The first-order valence-corrected chi connectivity index (χ1v) is 5.70. The van der Waals surface area contributed by atoms with E-state index < -0.39 is 0 Å². The van der Waals surface area contributed by atoms with Gasteiger partial charge in [-0.25, -0.2) is 0 Å². The van der Waals surface area contributed by atoms with Gasteiger partial charge in [-0.1, -0.05) is 50.3 Å². The van der Waals surface area contributed by atoms with Crippen molar-refractivity contribution >= 4 is 11.5 Å². The van der Waals surface area contributed by atoms with Crippen molar-refractivity contribution in [3.8, 4) is 0 Å². The Balaban J connectivity index is 3.01. The first-order valence-electron chi connectivity index (χ1n) is 5.70. The first-order chi connectivity index (χ1) is 7.86. The average Bonchev–Trinajstić information content (AvgIpc) is 2.28. The third kappa shape index (κ3) is 3.45. The smallest absolute Gasteiger partial charge is 0.306 e. The molecule has 0 N–H and O–H groups in total. The normalized spacial score (nSPS) is 11.1. The zero-order valence-electron chi connectivity index (χ0n) is 11.0. The lowest BCUT2D eigenvalue weighted by molar-refractivity contribution is -0.141. The summed E-state index contributed by atoms with van der Waals surface area (Å²) in [6, 6.07) is 8.15. The molecule has 0 aliphatic heterocycles. The number of rotatable bonds is 4. The van der Waals surface area contributed by atoms with Gasteiger partial charge in [0.25, 0.3) is 0 Å². The van der Waals surface area contributed by atoms with Gasteiger partial charge in [-0.05, 0) is 18.1 Å². The van der Waals surface area contributed by atoms with Crippen molar-refractivity contribution < 1.29 is 9.53 Å². The summed E-state index contributed by atoms with van der Waals surface area (Å²) in [4.78, 5) is 11.4. The molecule has 0 aliphatic carbocycles. The van der Waals surface area contributed by atoms with Gasteiger partial charge in [-0.2, -0.15) is 0 Å². The maximum atomic E-state index is 11.4. The van der Waals surface area contributed by atoms with E-state index in [1.165, 1.54) is 7.11 Å². The fourth-order valence-corrected chi connectivity index (χ4v) is 1.74. The van der Waals surface area contributed by atoms with Gasteiger partial charge in [0.2, 0.25) is 0 Å². The van der Waals surface area contributed by atoms with E-state index in [1.54, 1.807) is 0 Å². The van der Waals surface area contributed by atoms with E-state index in [0.717, 1.165) is 16.7 Å². The SMILES string of the molecule is C=C(C)c1cccc(C(C)(C)CC(=O)OC)c1. The zero-order chi connectivity index (χ0) is 13.1. The monoisotopic (exact) mass is 232 g/mol. The van der Waals surface area contributed by atoms with Crippen LogP contribution in [0.5, 0.6) is 0 Å². The Labute approximate surface area is 103 Å². The van der Waals surface area contributed by atoms with E-state index >= 15 is 0 Å². The number of carbonyl (C=O) groups excluding carboxylic acids is 1. The minimum Gasteiger partial charge on any atom is -0.469 e. The summed E-state index contributed by atoms with van der Waals surface area (Å²) in [5.41, 5.74) is 3.04. The van der Waals surface area contributed by atoms with Crippen molar-refractivity contribution in [2.75, 3.05) is 7.11 Å². The van der Waals surface area contributed by atoms with Gasteiger partial charge < -0.3 is 4.74 Å². The van der Waals surface area contributed by atoms with Crippen LogP contribution in [0.2, 0.25) is 0 Å². The highest BCUT2D eigenvalue weighted by Crippen LogP contribution is 2.29. The average molecular weight is 232 g/mol. The molecule has 0 saturated carbocycles. The Morgan fingerprint density at radius 3 is 2.59 bits per heavy atom. The van der Waals surface area contributed by atoms with Gasteiger partial charge in [-0.3, -0.25) is 4.79 Å². The molecular formula is C15H20O2. The number of esters is 1. The molecule has 0 amide bonds. The predicted molar refractivity (Wildman–Crippen MR) is 70.8 cm³/mol. The summed E-state index contributed by atoms with van der Waals surface area (Å²) in [6.07, 6.45) is 0.378. The quantitative estimate of drug-likeness (QED) is 0.742. The molecule has 0 atom stereocenters. The molecule has 0 fully saturated rings. The fraction of sp³-hybridized carbons (Fsp3) is 0.400. The summed E-state index contributed by atoms with van der Waals surface area (Å²) in [5, 5.41) is 0. The van der Waals surface area contributed by atoms with E-state index in [0.29, 0.717) is 6.42 Å². The minimum absolute atomic E-state index is 0.185. The highest BCUT2D eigenvalue weighted by molar-refractivity contribution is 5.71. The third-order valence-corrected chi connectivity index (χ3v) is 2.95. The molecule has 0 saturated heterocycles. The van der Waals surface area contributed by atoms with Gasteiger partial charge in [-0.15, -0.1) is 0 Å². The maximum absolute atomic E-state index is 11.4. The number of hydrogen-bond acceptors (Lipinski definition) is 2. The van der Waals surface area contributed by atoms with E-state index in [2.05, 4.69) is 12.6 Å². The van der Waals surface area contributed by atoms with Gasteiger partial charge in [0.05, 0.1) is 13.5 Å². The van der Waals surface area contributed by atoms with E-state index in [-0.39, 0.29) is 11.4 Å². The van der Waals surface area contributed by atoms with Crippen molar-refractivity contribution in [2.45, 2.75) is 32.6 Å². The van der Waals surface area contributed by atoms with E-state index in [9.17, 15) is 4.79 Å². The summed E-state index contributed by atoms with van der Waals surface area (Å²) in [5.74, 6) is -0.185. The zero-order valence-corrected chi connectivity index (χ0v) is 11.0. The van der Waals surface area contributed by atoms with Crippen LogP contribution < -0.4 is 0 Å². The largest absolute Gasteiger partial charge is 0.469 e. The lowest BCUT2D eigenvalue weighted by atomic mass is 9.80. The Kier molecular flexibility index (Phi) is 4.11. The Bertz CT molecular complexity index is 430. The Hall–Kier alpha value is -1.57.